The van der Waals surface area contributed by atoms with E-state index >= 15 is 0 Å². The van der Waals surface area contributed by atoms with E-state index in [1.807, 2.05) is 28.1 Å². The van der Waals surface area contributed by atoms with E-state index in [1.54, 1.807) is 0 Å². The molecule has 2 unspecified atom stereocenters. The second-order valence-electron chi connectivity index (χ2n) is 10.8. The van der Waals surface area contributed by atoms with Gasteiger partial charge in [-0.1, -0.05) is 109 Å². The molecule has 0 bridgehead atoms. The molecule has 0 aliphatic carbocycles. The molecule has 198 valence electrons. The lowest BCUT2D eigenvalue weighted by Crippen LogP contribution is -2.44. The third kappa shape index (κ3) is 19.8. The van der Waals surface area contributed by atoms with Crippen molar-refractivity contribution in [1.29, 1.82) is 0 Å². The molecule has 0 aromatic rings. The first kappa shape index (κ1) is 32.8. The molecular weight excluding hydrogens is 429 g/mol. The fourth-order valence-electron chi connectivity index (χ4n) is 4.55. The average molecular weight is 489 g/mol. The molecule has 0 aromatic carbocycles. The number of rotatable bonds is 24. The summed E-state index contributed by atoms with van der Waals surface area (Å²) in [6, 6.07) is 0. The molecule has 2 atom stereocenters. The lowest BCUT2D eigenvalue weighted by atomic mass is 10.0. The van der Waals surface area contributed by atoms with Gasteiger partial charge in [0.15, 0.2) is 5.78 Å². The van der Waals surface area contributed by atoms with E-state index in [0.29, 0.717) is 17.5 Å². The van der Waals surface area contributed by atoms with E-state index in [0.717, 1.165) is 19.3 Å². The Morgan fingerprint density at radius 3 is 1.48 bits per heavy atom. The molecule has 0 amide bonds. The third-order valence-corrected chi connectivity index (χ3v) is 8.93. The zero-order chi connectivity index (χ0) is 24.8. The van der Waals surface area contributed by atoms with E-state index in [1.165, 1.54) is 96.3 Å². The van der Waals surface area contributed by atoms with Gasteiger partial charge >= 0.3 is 7.60 Å². The van der Waals surface area contributed by atoms with Crippen molar-refractivity contribution in [3.05, 3.63) is 12.2 Å². The molecule has 0 aromatic heterocycles. The molecular formula is C28H59NO3P+. The van der Waals surface area contributed by atoms with Crippen LogP contribution in [0.25, 0.3) is 0 Å². The number of quaternary nitrogens is 1. The summed E-state index contributed by atoms with van der Waals surface area (Å²) < 4.78 is 18.4. The first-order valence-electron chi connectivity index (χ1n) is 14.2. The minimum atomic E-state index is -3.56. The van der Waals surface area contributed by atoms with Crippen molar-refractivity contribution in [1.82, 2.24) is 0 Å². The second-order valence-corrected chi connectivity index (χ2v) is 12.7. The van der Waals surface area contributed by atoms with Gasteiger partial charge in [-0.3, -0.25) is 4.57 Å². The highest BCUT2D eigenvalue weighted by Crippen LogP contribution is 2.51. The Morgan fingerprint density at radius 2 is 1.09 bits per heavy atom. The molecule has 0 saturated carbocycles. The summed E-state index contributed by atoms with van der Waals surface area (Å²) >= 11 is 0. The van der Waals surface area contributed by atoms with E-state index in [2.05, 4.69) is 19.1 Å². The van der Waals surface area contributed by atoms with Crippen molar-refractivity contribution in [3.63, 3.8) is 0 Å². The normalized spacial score (nSPS) is 15.2. The Kier molecular flexibility index (Phi) is 21.1. The summed E-state index contributed by atoms with van der Waals surface area (Å²) in [7, 11) is 2.28. The Balaban J connectivity index is 3.45. The SMILES string of the molecule is CCCCCCCCCCCCCCCC/C=C\CCCCOP(=O)(O)C(CC)[N+](C)(C)C. The molecule has 0 radical (unpaired) electrons. The Morgan fingerprint density at radius 1 is 0.697 bits per heavy atom. The lowest BCUT2D eigenvalue weighted by Gasteiger charge is -2.35. The van der Waals surface area contributed by atoms with Crippen LogP contribution in [0.2, 0.25) is 0 Å². The first-order chi connectivity index (χ1) is 15.8. The van der Waals surface area contributed by atoms with Crippen LogP contribution in [0.15, 0.2) is 12.2 Å². The predicted molar refractivity (Wildman–Crippen MR) is 146 cm³/mol. The zero-order valence-electron chi connectivity index (χ0n) is 23.0. The Hall–Kier alpha value is -0.150. The van der Waals surface area contributed by atoms with E-state index < -0.39 is 7.60 Å². The highest BCUT2D eigenvalue weighted by atomic mass is 31.2. The van der Waals surface area contributed by atoms with E-state index in [9.17, 15) is 9.46 Å². The van der Waals surface area contributed by atoms with Gasteiger partial charge < -0.3 is 13.9 Å². The molecule has 0 heterocycles. The van der Waals surface area contributed by atoms with Gasteiger partial charge in [0.05, 0.1) is 27.7 Å². The van der Waals surface area contributed by atoms with Crippen LogP contribution in [-0.2, 0) is 9.09 Å². The molecule has 0 rings (SSSR count). The summed E-state index contributed by atoms with van der Waals surface area (Å²) in [5.74, 6) is -0.359. The zero-order valence-corrected chi connectivity index (χ0v) is 23.9. The van der Waals surface area contributed by atoms with Crippen LogP contribution in [0.3, 0.4) is 0 Å². The van der Waals surface area contributed by atoms with Gasteiger partial charge in [0, 0.05) is 6.42 Å². The van der Waals surface area contributed by atoms with E-state index in [4.69, 9.17) is 4.52 Å². The maximum absolute atomic E-state index is 12.5. The molecule has 4 nitrogen and oxygen atoms in total. The monoisotopic (exact) mass is 488 g/mol. The van der Waals surface area contributed by atoms with Gasteiger partial charge in [0.1, 0.15) is 0 Å². The summed E-state index contributed by atoms with van der Waals surface area (Å²) in [4.78, 5) is 10.3. The van der Waals surface area contributed by atoms with Crippen molar-refractivity contribution in [2.45, 2.75) is 142 Å². The number of allylic oxidation sites excluding steroid dienone is 2. The maximum atomic E-state index is 12.5. The Bertz CT molecular complexity index is 502. The topological polar surface area (TPSA) is 46.5 Å². The van der Waals surface area contributed by atoms with Crippen molar-refractivity contribution >= 4 is 7.60 Å². The van der Waals surface area contributed by atoms with Crippen LogP contribution < -0.4 is 0 Å². The Labute approximate surface area is 207 Å². The lowest BCUT2D eigenvalue weighted by molar-refractivity contribution is -0.883. The minimum absolute atomic E-state index is 0.359. The number of nitrogens with zero attached hydrogens (tertiary/aromatic N) is 1. The number of hydrogen-bond acceptors (Lipinski definition) is 2. The molecule has 0 aliphatic heterocycles. The minimum Gasteiger partial charge on any atom is -0.320 e. The summed E-state index contributed by atoms with van der Waals surface area (Å²) in [6.07, 6.45) is 29.0. The fourth-order valence-corrected chi connectivity index (χ4v) is 6.45. The standard InChI is InChI=1S/C28H58NO3P/c1-6-8-9-10-11-12-13-14-15-16-17-18-19-20-21-22-23-24-25-26-27-32-33(30,31)28(7-2)29(3,4)5/h22-23,28H,6-21,24-27H2,1-5H3/p+1/b23-22-. The number of unbranched alkanes of at least 4 members (excludes halogenated alkanes) is 16. The van der Waals surface area contributed by atoms with Crippen molar-refractivity contribution in [2.75, 3.05) is 27.7 Å². The second kappa shape index (κ2) is 21.2. The van der Waals surface area contributed by atoms with Gasteiger partial charge in [-0.25, -0.2) is 0 Å². The van der Waals surface area contributed by atoms with Crippen molar-refractivity contribution in [2.24, 2.45) is 0 Å². The fraction of sp³-hybridized carbons (Fsp3) is 0.929. The van der Waals surface area contributed by atoms with Crippen LogP contribution in [0.1, 0.15) is 136 Å². The number of hydrogen-bond donors (Lipinski definition) is 1. The molecule has 0 saturated heterocycles. The molecule has 33 heavy (non-hydrogen) atoms. The van der Waals surface area contributed by atoms with Gasteiger partial charge in [0.2, 0.25) is 0 Å². The first-order valence-corrected chi connectivity index (χ1v) is 15.8. The molecule has 1 N–H and O–H groups in total. The summed E-state index contributed by atoms with van der Waals surface area (Å²) in [6.45, 7) is 4.60. The van der Waals surface area contributed by atoms with Crippen molar-refractivity contribution < 1.29 is 18.5 Å². The van der Waals surface area contributed by atoms with Gasteiger partial charge in [-0.05, 0) is 32.1 Å². The predicted octanol–water partition coefficient (Wildman–Crippen LogP) is 9.23. The molecule has 0 spiro atoms. The van der Waals surface area contributed by atoms with Gasteiger partial charge in [0.25, 0.3) is 0 Å². The van der Waals surface area contributed by atoms with Gasteiger partial charge in [-0.2, -0.15) is 0 Å². The highest BCUT2D eigenvalue weighted by Gasteiger charge is 2.41. The van der Waals surface area contributed by atoms with Crippen molar-refractivity contribution in [3.8, 4) is 0 Å². The summed E-state index contributed by atoms with van der Waals surface area (Å²) in [5.41, 5.74) is 0. The molecule has 0 aliphatic rings. The van der Waals surface area contributed by atoms with Gasteiger partial charge in [-0.15, -0.1) is 0 Å². The van der Waals surface area contributed by atoms with Crippen LogP contribution in [0.5, 0.6) is 0 Å². The van der Waals surface area contributed by atoms with Crippen LogP contribution in [0.4, 0.5) is 0 Å². The largest absolute Gasteiger partial charge is 0.385 e. The van der Waals surface area contributed by atoms with Crippen LogP contribution in [0, 0.1) is 0 Å². The molecule has 0 fully saturated rings. The molecule has 5 heteroatoms. The quantitative estimate of drug-likeness (QED) is 0.0637. The summed E-state index contributed by atoms with van der Waals surface area (Å²) in [5, 5.41) is 0. The average Bonchev–Trinajstić information content (AvgIpc) is 2.74. The highest BCUT2D eigenvalue weighted by molar-refractivity contribution is 7.53. The maximum Gasteiger partial charge on any atom is 0.385 e. The third-order valence-electron chi connectivity index (χ3n) is 6.57. The van der Waals surface area contributed by atoms with Crippen LogP contribution >= 0.6 is 7.60 Å². The van der Waals surface area contributed by atoms with Crippen LogP contribution in [-0.4, -0.2) is 42.9 Å². The van der Waals surface area contributed by atoms with E-state index in [-0.39, 0.29) is 5.78 Å². The smallest absolute Gasteiger partial charge is 0.320 e.